The van der Waals surface area contributed by atoms with Gasteiger partial charge in [0.05, 0.1) is 36.1 Å². The number of carbonyl (C=O) groups is 1. The van der Waals surface area contributed by atoms with Crippen LogP contribution in [-0.4, -0.2) is 39.6 Å². The third kappa shape index (κ3) is 3.04. The van der Waals surface area contributed by atoms with Crippen LogP contribution in [0.3, 0.4) is 0 Å². The molecule has 2 heterocycles. The number of hydrogen-bond donors (Lipinski definition) is 2. The van der Waals surface area contributed by atoms with Crippen molar-refractivity contribution in [3.63, 3.8) is 0 Å². The number of nitrogens with one attached hydrogen (secondary N) is 1. The number of benzene rings is 1. The summed E-state index contributed by atoms with van der Waals surface area (Å²) in [6, 6.07) is 5.71. The summed E-state index contributed by atoms with van der Waals surface area (Å²) in [7, 11) is 1.58. The second kappa shape index (κ2) is 6.63. The van der Waals surface area contributed by atoms with Crippen LogP contribution < -0.4 is 5.32 Å². The Kier molecular flexibility index (Phi) is 4.39. The molecular weight excluding hydrogens is 315 g/mol. The first-order chi connectivity index (χ1) is 11.6. The summed E-state index contributed by atoms with van der Waals surface area (Å²) in [6.45, 7) is 0.931. The number of aromatic carboxylic acids is 1. The summed E-state index contributed by atoms with van der Waals surface area (Å²) in [5, 5.41) is 17.1. The summed E-state index contributed by atoms with van der Waals surface area (Å²) >= 11 is 0. The third-order valence-electron chi connectivity index (χ3n) is 3.52. The van der Waals surface area contributed by atoms with Crippen molar-refractivity contribution in [1.29, 1.82) is 0 Å². The molecule has 0 bridgehead atoms. The number of halogens is 1. The summed E-state index contributed by atoms with van der Waals surface area (Å²) in [4.78, 5) is 15.2. The highest BCUT2D eigenvalue weighted by atomic mass is 19.1. The van der Waals surface area contributed by atoms with E-state index in [0.717, 1.165) is 5.52 Å². The molecule has 0 radical (unpaired) electrons. The fraction of sp³-hybridized carbons (Fsp3) is 0.188. The van der Waals surface area contributed by atoms with Gasteiger partial charge in [-0.05, 0) is 24.3 Å². The van der Waals surface area contributed by atoms with Gasteiger partial charge in [0.2, 0.25) is 0 Å². The quantitative estimate of drug-likeness (QED) is 0.722. The zero-order chi connectivity index (χ0) is 17.1. The van der Waals surface area contributed by atoms with Crippen molar-refractivity contribution in [3.8, 4) is 0 Å². The summed E-state index contributed by atoms with van der Waals surface area (Å²) in [5.41, 5.74) is 1.06. The average Bonchev–Trinajstić information content (AvgIpc) is 2.90. The predicted octanol–water partition coefficient (Wildman–Crippen LogP) is 2.66. The Balaban J connectivity index is 2.06. The molecule has 0 spiro atoms. The number of carboxylic acid groups (broad SMARTS) is 1. The molecule has 3 rings (SSSR count). The molecule has 0 aliphatic heterocycles. The van der Waals surface area contributed by atoms with E-state index in [2.05, 4.69) is 15.4 Å². The molecule has 2 N–H and O–H groups in total. The minimum atomic E-state index is -1.09. The number of rotatable bonds is 6. The molecule has 2 aromatic heterocycles. The monoisotopic (exact) mass is 330 g/mol. The number of hydrogen-bond acceptors (Lipinski definition) is 5. The average molecular weight is 330 g/mol. The fourth-order valence-electron chi connectivity index (χ4n) is 2.40. The molecule has 8 heteroatoms. The second-order valence-corrected chi connectivity index (χ2v) is 5.08. The van der Waals surface area contributed by atoms with Crippen LogP contribution in [0.5, 0.6) is 0 Å². The molecule has 0 aliphatic rings. The molecule has 0 saturated heterocycles. The maximum Gasteiger partial charge on any atom is 0.337 e. The van der Waals surface area contributed by atoms with Gasteiger partial charge in [-0.2, -0.15) is 5.10 Å². The largest absolute Gasteiger partial charge is 0.478 e. The van der Waals surface area contributed by atoms with Crippen LogP contribution in [0.4, 0.5) is 15.9 Å². The van der Waals surface area contributed by atoms with Crippen LogP contribution in [-0.2, 0) is 11.3 Å². The molecule has 0 amide bonds. The molecule has 0 atom stereocenters. The van der Waals surface area contributed by atoms with E-state index >= 15 is 0 Å². The highest BCUT2D eigenvalue weighted by Crippen LogP contribution is 2.28. The van der Waals surface area contributed by atoms with Gasteiger partial charge in [-0.15, -0.1) is 0 Å². The van der Waals surface area contributed by atoms with Crippen molar-refractivity contribution >= 4 is 28.4 Å². The lowest BCUT2D eigenvalue weighted by atomic mass is 10.2. The zero-order valence-corrected chi connectivity index (χ0v) is 12.9. The van der Waals surface area contributed by atoms with Gasteiger partial charge < -0.3 is 15.2 Å². The highest BCUT2D eigenvalue weighted by molar-refractivity contribution is 5.97. The van der Waals surface area contributed by atoms with Gasteiger partial charge in [0, 0.05) is 18.7 Å². The number of fused-ring (bicyclic) bond motifs is 1. The summed E-state index contributed by atoms with van der Waals surface area (Å²) in [6.07, 6.45) is 2.78. The molecule has 7 nitrogen and oxygen atoms in total. The number of nitrogens with zero attached hydrogens (tertiary/aromatic N) is 3. The Hall–Kier alpha value is -3.00. The van der Waals surface area contributed by atoms with E-state index in [4.69, 9.17) is 4.74 Å². The van der Waals surface area contributed by atoms with Crippen molar-refractivity contribution in [2.24, 2.45) is 0 Å². The van der Waals surface area contributed by atoms with Crippen molar-refractivity contribution < 1.29 is 19.0 Å². The van der Waals surface area contributed by atoms with Gasteiger partial charge in [-0.1, -0.05) is 0 Å². The van der Waals surface area contributed by atoms with E-state index in [1.165, 1.54) is 30.6 Å². The molecule has 24 heavy (non-hydrogen) atoms. The Bertz CT molecular complexity index is 894. The smallest absolute Gasteiger partial charge is 0.337 e. The molecule has 0 aliphatic carbocycles. The lowest BCUT2D eigenvalue weighted by molar-refractivity contribution is 0.0698. The van der Waals surface area contributed by atoms with Gasteiger partial charge in [-0.25, -0.2) is 9.18 Å². The number of carboxylic acids is 1. The number of methoxy groups -OCH3 is 1. The third-order valence-corrected chi connectivity index (χ3v) is 3.52. The normalized spacial score (nSPS) is 10.9. The molecular formula is C16H15FN4O3. The number of ether oxygens (including phenoxy) is 1. The van der Waals surface area contributed by atoms with Crippen LogP contribution in [0, 0.1) is 5.82 Å². The van der Waals surface area contributed by atoms with Crippen LogP contribution in [0.2, 0.25) is 0 Å². The van der Waals surface area contributed by atoms with Crippen LogP contribution >= 0.6 is 0 Å². The second-order valence-electron chi connectivity index (χ2n) is 5.08. The van der Waals surface area contributed by atoms with E-state index in [-0.39, 0.29) is 11.3 Å². The van der Waals surface area contributed by atoms with Gasteiger partial charge in [0.1, 0.15) is 5.82 Å². The fourth-order valence-corrected chi connectivity index (χ4v) is 2.40. The number of pyridine rings is 1. The molecule has 3 aromatic rings. The first-order valence-electron chi connectivity index (χ1n) is 7.19. The number of anilines is 2. The Labute approximate surface area is 136 Å². The Morgan fingerprint density at radius 1 is 1.42 bits per heavy atom. The minimum absolute atomic E-state index is 0.0565. The first-order valence-corrected chi connectivity index (χ1v) is 7.19. The lowest BCUT2D eigenvalue weighted by Crippen LogP contribution is -2.07. The minimum Gasteiger partial charge on any atom is -0.478 e. The van der Waals surface area contributed by atoms with Gasteiger partial charge in [-0.3, -0.25) is 9.67 Å². The van der Waals surface area contributed by atoms with Crippen molar-refractivity contribution in [2.75, 3.05) is 19.0 Å². The van der Waals surface area contributed by atoms with E-state index < -0.39 is 11.8 Å². The van der Waals surface area contributed by atoms with E-state index in [9.17, 15) is 14.3 Å². The Morgan fingerprint density at radius 2 is 2.25 bits per heavy atom. The van der Waals surface area contributed by atoms with E-state index in [0.29, 0.717) is 24.4 Å². The summed E-state index contributed by atoms with van der Waals surface area (Å²) < 4.78 is 20.4. The van der Waals surface area contributed by atoms with Gasteiger partial charge >= 0.3 is 5.97 Å². The van der Waals surface area contributed by atoms with Crippen molar-refractivity contribution in [2.45, 2.75) is 6.54 Å². The lowest BCUT2D eigenvalue weighted by Gasteiger charge is -2.06. The van der Waals surface area contributed by atoms with Crippen LogP contribution in [0.1, 0.15) is 10.4 Å². The molecule has 1 aromatic carbocycles. The molecule has 0 unspecified atom stereocenters. The topological polar surface area (TPSA) is 89.3 Å². The highest BCUT2D eigenvalue weighted by Gasteiger charge is 2.15. The molecule has 124 valence electrons. The van der Waals surface area contributed by atoms with E-state index in [1.54, 1.807) is 17.9 Å². The molecule has 0 saturated carbocycles. The Morgan fingerprint density at radius 3 is 3.00 bits per heavy atom. The van der Waals surface area contributed by atoms with Crippen molar-refractivity contribution in [3.05, 3.63) is 48.0 Å². The predicted molar refractivity (Wildman–Crippen MR) is 86.0 cm³/mol. The number of aromatic nitrogens is 3. The molecule has 0 fully saturated rings. The van der Waals surface area contributed by atoms with E-state index in [1.807, 2.05) is 0 Å². The SMILES string of the molecule is COCCn1nc(Nc2cnccc2C(=O)O)c2cc(F)ccc21. The first kappa shape index (κ1) is 15.9. The standard InChI is InChI=1S/C16H15FN4O3/c1-24-7-6-21-14-3-2-10(17)8-12(14)15(20-21)19-13-9-18-5-4-11(13)16(22)23/h2-5,8-9H,6-7H2,1H3,(H,19,20)(H,22,23). The van der Waals surface area contributed by atoms with Gasteiger partial charge in [0.25, 0.3) is 0 Å². The maximum absolute atomic E-state index is 13.6. The summed E-state index contributed by atoms with van der Waals surface area (Å²) in [5.74, 6) is -1.13. The maximum atomic E-state index is 13.6. The zero-order valence-electron chi connectivity index (χ0n) is 12.9. The van der Waals surface area contributed by atoms with Crippen LogP contribution in [0.15, 0.2) is 36.7 Å². The van der Waals surface area contributed by atoms with Crippen LogP contribution in [0.25, 0.3) is 10.9 Å². The van der Waals surface area contributed by atoms with Gasteiger partial charge in [0.15, 0.2) is 5.82 Å². The van der Waals surface area contributed by atoms with Crippen molar-refractivity contribution in [1.82, 2.24) is 14.8 Å².